The van der Waals surface area contributed by atoms with Gasteiger partial charge in [0.05, 0.1) is 11.7 Å². The zero-order chi connectivity index (χ0) is 14.1. The second-order valence-electron chi connectivity index (χ2n) is 5.04. The van der Waals surface area contributed by atoms with Crippen LogP contribution in [0.15, 0.2) is 36.0 Å². The number of fused-ring (bicyclic) bond motifs is 1. The zero-order valence-corrected chi connectivity index (χ0v) is 12.4. The van der Waals surface area contributed by atoms with Gasteiger partial charge in [0.25, 0.3) is 0 Å². The quantitative estimate of drug-likeness (QED) is 0.573. The van der Waals surface area contributed by atoms with Gasteiger partial charge in [-0.25, -0.2) is 4.98 Å². The first kappa shape index (κ1) is 13.3. The highest BCUT2D eigenvalue weighted by atomic mass is 32.1. The molecule has 3 N–H and O–H groups in total. The van der Waals surface area contributed by atoms with Gasteiger partial charge >= 0.3 is 0 Å². The molecule has 0 saturated carbocycles. The van der Waals surface area contributed by atoms with Crippen molar-refractivity contribution >= 4 is 16.3 Å². The maximum atomic E-state index is 5.76. The Kier molecular flexibility index (Phi) is 3.56. The number of hydrazine groups is 1. The summed E-state index contributed by atoms with van der Waals surface area (Å²) >= 11 is 1.64. The normalized spacial score (nSPS) is 12.9. The molecule has 0 aliphatic carbocycles. The lowest BCUT2D eigenvalue weighted by atomic mass is 9.95. The van der Waals surface area contributed by atoms with Gasteiger partial charge in [0.1, 0.15) is 0 Å². The van der Waals surface area contributed by atoms with Crippen molar-refractivity contribution in [2.75, 3.05) is 0 Å². The Labute approximate surface area is 122 Å². The molecule has 0 spiro atoms. The minimum absolute atomic E-state index is 0.0829. The van der Waals surface area contributed by atoms with Crippen molar-refractivity contribution < 1.29 is 0 Å². The average Bonchev–Trinajstić information content (AvgIpc) is 3.00. The highest BCUT2D eigenvalue weighted by Crippen LogP contribution is 2.23. The molecule has 1 aromatic carbocycles. The van der Waals surface area contributed by atoms with E-state index in [9.17, 15) is 0 Å². The third-order valence-electron chi connectivity index (χ3n) is 3.78. The molecule has 0 fully saturated rings. The number of nitrogens with two attached hydrogens (primary N) is 1. The molecule has 0 aliphatic heterocycles. The van der Waals surface area contributed by atoms with Crippen LogP contribution in [0.3, 0.4) is 0 Å². The molecular formula is C15H18N4S. The van der Waals surface area contributed by atoms with E-state index < -0.39 is 0 Å². The molecule has 104 valence electrons. The molecule has 0 bridgehead atoms. The Morgan fingerprint density at radius 2 is 2.25 bits per heavy atom. The smallest absolute Gasteiger partial charge is 0.193 e. The first-order valence-electron chi connectivity index (χ1n) is 6.62. The van der Waals surface area contributed by atoms with Crippen molar-refractivity contribution in [3.63, 3.8) is 0 Å². The number of aromatic nitrogens is 2. The number of rotatable bonds is 4. The first-order chi connectivity index (χ1) is 9.69. The van der Waals surface area contributed by atoms with Crippen molar-refractivity contribution in [1.82, 2.24) is 14.8 Å². The van der Waals surface area contributed by atoms with Crippen molar-refractivity contribution in [2.45, 2.75) is 26.3 Å². The van der Waals surface area contributed by atoms with Gasteiger partial charge in [-0.1, -0.05) is 18.2 Å². The second kappa shape index (κ2) is 5.36. The van der Waals surface area contributed by atoms with E-state index in [-0.39, 0.29) is 6.04 Å². The van der Waals surface area contributed by atoms with Crippen LogP contribution >= 0.6 is 11.3 Å². The number of hydrogen-bond acceptors (Lipinski definition) is 4. The molecule has 0 aliphatic rings. The number of nitrogens with one attached hydrogen (secondary N) is 1. The number of imidazole rings is 1. The minimum Gasteiger partial charge on any atom is -0.297 e. The topological polar surface area (TPSA) is 55.3 Å². The van der Waals surface area contributed by atoms with Crippen molar-refractivity contribution in [3.8, 4) is 0 Å². The number of nitrogens with zero attached hydrogens (tertiary/aromatic N) is 2. The Hall–Kier alpha value is -1.69. The summed E-state index contributed by atoms with van der Waals surface area (Å²) < 4.78 is 2.05. The van der Waals surface area contributed by atoms with Crippen LogP contribution in [0.2, 0.25) is 0 Å². The van der Waals surface area contributed by atoms with Crippen LogP contribution in [0.5, 0.6) is 0 Å². The summed E-state index contributed by atoms with van der Waals surface area (Å²) in [5.74, 6) is 5.76. The molecule has 1 atom stereocenters. The molecule has 0 saturated heterocycles. The van der Waals surface area contributed by atoms with E-state index in [4.69, 9.17) is 5.84 Å². The molecule has 2 aromatic heterocycles. The van der Waals surface area contributed by atoms with Gasteiger partial charge in [0.2, 0.25) is 0 Å². The summed E-state index contributed by atoms with van der Waals surface area (Å²) in [5.41, 5.74) is 7.80. The Bertz CT molecular complexity index is 700. The summed E-state index contributed by atoms with van der Waals surface area (Å²) in [6, 6.07) is 6.41. The van der Waals surface area contributed by atoms with E-state index in [2.05, 4.69) is 53.1 Å². The summed E-state index contributed by atoms with van der Waals surface area (Å²) in [6.45, 7) is 4.26. The maximum absolute atomic E-state index is 5.76. The Balaban J connectivity index is 1.90. The van der Waals surface area contributed by atoms with E-state index in [1.165, 1.54) is 16.7 Å². The summed E-state index contributed by atoms with van der Waals surface area (Å²) in [5, 5.41) is 2.04. The van der Waals surface area contributed by atoms with E-state index in [1.54, 1.807) is 11.3 Å². The van der Waals surface area contributed by atoms with Crippen LogP contribution in [-0.2, 0) is 6.42 Å². The van der Waals surface area contributed by atoms with Gasteiger partial charge in [-0.2, -0.15) is 0 Å². The van der Waals surface area contributed by atoms with Gasteiger partial charge in [-0.3, -0.25) is 15.7 Å². The molecular weight excluding hydrogens is 268 g/mol. The van der Waals surface area contributed by atoms with E-state index >= 15 is 0 Å². The van der Waals surface area contributed by atoms with Gasteiger partial charge < -0.3 is 0 Å². The van der Waals surface area contributed by atoms with Crippen molar-refractivity contribution in [2.24, 2.45) is 5.84 Å². The van der Waals surface area contributed by atoms with Crippen LogP contribution < -0.4 is 11.3 Å². The lowest BCUT2D eigenvalue weighted by Crippen LogP contribution is -2.30. The number of benzene rings is 1. The van der Waals surface area contributed by atoms with Crippen LogP contribution in [0.1, 0.15) is 28.4 Å². The lowest BCUT2D eigenvalue weighted by Gasteiger charge is -2.18. The van der Waals surface area contributed by atoms with E-state index in [0.29, 0.717) is 0 Å². The molecule has 3 rings (SSSR count). The van der Waals surface area contributed by atoms with E-state index in [1.807, 2.05) is 11.6 Å². The van der Waals surface area contributed by atoms with E-state index in [0.717, 1.165) is 17.1 Å². The van der Waals surface area contributed by atoms with Gasteiger partial charge in [-0.05, 0) is 30.5 Å². The van der Waals surface area contributed by atoms with Gasteiger partial charge in [0.15, 0.2) is 4.96 Å². The molecule has 20 heavy (non-hydrogen) atoms. The van der Waals surface area contributed by atoms with Crippen LogP contribution in [0.25, 0.3) is 4.96 Å². The predicted octanol–water partition coefficient (Wildman–Crippen LogP) is 2.76. The average molecular weight is 286 g/mol. The molecule has 5 heteroatoms. The van der Waals surface area contributed by atoms with Crippen molar-refractivity contribution in [1.29, 1.82) is 0 Å². The second-order valence-corrected chi connectivity index (χ2v) is 5.91. The van der Waals surface area contributed by atoms with Crippen molar-refractivity contribution in [3.05, 3.63) is 58.4 Å². The largest absolute Gasteiger partial charge is 0.297 e. The SMILES string of the molecule is Cc1cccc(C(Cc2cn3ccsc3n2)NN)c1C. The zero-order valence-electron chi connectivity index (χ0n) is 11.6. The maximum Gasteiger partial charge on any atom is 0.193 e. The van der Waals surface area contributed by atoms with Crippen LogP contribution in [-0.4, -0.2) is 9.38 Å². The van der Waals surface area contributed by atoms with Crippen LogP contribution in [0.4, 0.5) is 0 Å². The molecule has 2 heterocycles. The third-order valence-corrected chi connectivity index (χ3v) is 4.55. The Morgan fingerprint density at radius 1 is 1.40 bits per heavy atom. The summed E-state index contributed by atoms with van der Waals surface area (Å²) in [6.07, 6.45) is 4.88. The minimum atomic E-state index is 0.0829. The highest BCUT2D eigenvalue weighted by Gasteiger charge is 2.15. The number of hydrogen-bond donors (Lipinski definition) is 2. The Morgan fingerprint density at radius 3 is 3.00 bits per heavy atom. The molecule has 3 aromatic rings. The number of aryl methyl sites for hydroxylation is 1. The summed E-state index contributed by atoms with van der Waals surface area (Å²) in [7, 11) is 0. The first-order valence-corrected chi connectivity index (χ1v) is 7.50. The fourth-order valence-electron chi connectivity index (χ4n) is 2.49. The standard InChI is InChI=1S/C15H18N4S/c1-10-4-3-5-13(11(10)2)14(18-16)8-12-9-19-6-7-20-15(19)17-12/h3-7,9,14,18H,8,16H2,1-2H3. The third kappa shape index (κ3) is 2.35. The number of thiazole rings is 1. The molecule has 4 nitrogen and oxygen atoms in total. The molecule has 0 radical (unpaired) electrons. The van der Waals surface area contributed by atoms with Gasteiger partial charge in [0, 0.05) is 24.2 Å². The highest BCUT2D eigenvalue weighted by molar-refractivity contribution is 7.15. The monoisotopic (exact) mass is 286 g/mol. The van der Waals surface area contributed by atoms with Crippen LogP contribution in [0, 0.1) is 13.8 Å². The molecule has 0 amide bonds. The lowest BCUT2D eigenvalue weighted by molar-refractivity contribution is 0.544. The fourth-order valence-corrected chi connectivity index (χ4v) is 3.21. The van der Waals surface area contributed by atoms with Gasteiger partial charge in [-0.15, -0.1) is 11.3 Å². The fraction of sp³-hybridized carbons (Fsp3) is 0.267. The molecule has 1 unspecified atom stereocenters. The summed E-state index contributed by atoms with van der Waals surface area (Å²) in [4.78, 5) is 5.65. The predicted molar refractivity (Wildman–Crippen MR) is 82.8 cm³/mol.